The largest absolute Gasteiger partial charge is 0.478 e. The van der Waals surface area contributed by atoms with Crippen molar-refractivity contribution in [3.05, 3.63) is 47.4 Å². The predicted octanol–water partition coefficient (Wildman–Crippen LogP) is 1.57. The molecule has 0 saturated carbocycles. The molecule has 0 aromatic carbocycles. The third-order valence-electron chi connectivity index (χ3n) is 2.91. The first-order chi connectivity index (χ1) is 9.90. The Morgan fingerprint density at radius 1 is 1.33 bits per heavy atom. The van der Waals surface area contributed by atoms with Crippen LogP contribution >= 0.6 is 0 Å². The summed E-state index contributed by atoms with van der Waals surface area (Å²) >= 11 is 0. The lowest BCUT2D eigenvalue weighted by atomic mass is 10.2. The molecule has 0 aliphatic heterocycles. The summed E-state index contributed by atoms with van der Waals surface area (Å²) in [6.07, 6.45) is 2.92. The summed E-state index contributed by atoms with van der Waals surface area (Å²) in [4.78, 5) is 38.4. The van der Waals surface area contributed by atoms with Crippen molar-refractivity contribution in [2.45, 2.75) is 6.92 Å². The van der Waals surface area contributed by atoms with Crippen LogP contribution in [-0.4, -0.2) is 32.3 Å². The second kappa shape index (κ2) is 5.58. The SMILES string of the molecule is CC(=O)c1cc(C(=O)Nc2ncccc2C(=O)O)n(C)c1. The van der Waals surface area contributed by atoms with Crippen LogP contribution in [0.3, 0.4) is 0 Å². The van der Waals surface area contributed by atoms with Gasteiger partial charge in [0.15, 0.2) is 5.78 Å². The van der Waals surface area contributed by atoms with E-state index in [1.807, 2.05) is 0 Å². The minimum Gasteiger partial charge on any atom is -0.478 e. The van der Waals surface area contributed by atoms with Gasteiger partial charge in [-0.15, -0.1) is 0 Å². The van der Waals surface area contributed by atoms with Crippen molar-refractivity contribution < 1.29 is 19.5 Å². The molecule has 2 N–H and O–H groups in total. The van der Waals surface area contributed by atoms with E-state index in [1.165, 1.54) is 42.1 Å². The van der Waals surface area contributed by atoms with Crippen LogP contribution in [-0.2, 0) is 7.05 Å². The molecule has 0 aliphatic carbocycles. The van der Waals surface area contributed by atoms with Crippen molar-refractivity contribution in [3.63, 3.8) is 0 Å². The van der Waals surface area contributed by atoms with Crippen LogP contribution in [0.5, 0.6) is 0 Å². The maximum absolute atomic E-state index is 12.2. The van der Waals surface area contributed by atoms with Gasteiger partial charge >= 0.3 is 5.97 Å². The summed E-state index contributed by atoms with van der Waals surface area (Å²) in [6, 6.07) is 4.26. The number of carbonyl (C=O) groups is 3. The zero-order valence-corrected chi connectivity index (χ0v) is 11.5. The van der Waals surface area contributed by atoms with Crippen LogP contribution in [0.25, 0.3) is 0 Å². The average Bonchev–Trinajstić information content (AvgIpc) is 2.81. The maximum Gasteiger partial charge on any atom is 0.339 e. The molecule has 0 radical (unpaired) electrons. The number of hydrogen-bond donors (Lipinski definition) is 2. The molecule has 1 amide bonds. The number of carbonyl (C=O) groups excluding carboxylic acids is 2. The predicted molar refractivity (Wildman–Crippen MR) is 74.6 cm³/mol. The molecule has 0 fully saturated rings. The van der Waals surface area contributed by atoms with E-state index in [9.17, 15) is 14.4 Å². The van der Waals surface area contributed by atoms with Crippen LogP contribution < -0.4 is 5.32 Å². The van der Waals surface area contributed by atoms with E-state index < -0.39 is 11.9 Å². The highest BCUT2D eigenvalue weighted by Gasteiger charge is 2.17. The van der Waals surface area contributed by atoms with E-state index in [0.29, 0.717) is 5.56 Å². The fourth-order valence-corrected chi connectivity index (χ4v) is 1.83. The fourth-order valence-electron chi connectivity index (χ4n) is 1.83. The molecular weight excluding hydrogens is 274 g/mol. The number of ketones is 1. The van der Waals surface area contributed by atoms with Crippen LogP contribution in [0.2, 0.25) is 0 Å². The number of nitrogens with zero attached hydrogens (tertiary/aromatic N) is 2. The van der Waals surface area contributed by atoms with Crippen LogP contribution in [0, 0.1) is 0 Å². The summed E-state index contributed by atoms with van der Waals surface area (Å²) < 4.78 is 1.50. The third kappa shape index (κ3) is 2.97. The lowest BCUT2D eigenvalue weighted by Gasteiger charge is -2.07. The number of carboxylic acid groups (broad SMARTS) is 1. The van der Waals surface area contributed by atoms with Gasteiger partial charge in [0.1, 0.15) is 17.1 Å². The Morgan fingerprint density at radius 3 is 2.62 bits per heavy atom. The number of pyridine rings is 1. The van der Waals surface area contributed by atoms with Gasteiger partial charge in [0.05, 0.1) is 0 Å². The van der Waals surface area contributed by atoms with Gasteiger partial charge in [-0.3, -0.25) is 9.59 Å². The number of aromatic nitrogens is 2. The zero-order valence-electron chi connectivity index (χ0n) is 11.5. The van der Waals surface area contributed by atoms with Gasteiger partial charge in [-0.2, -0.15) is 0 Å². The number of aryl methyl sites for hydroxylation is 1. The number of nitrogens with one attached hydrogen (secondary N) is 1. The van der Waals surface area contributed by atoms with E-state index in [2.05, 4.69) is 10.3 Å². The molecule has 108 valence electrons. The van der Waals surface area contributed by atoms with Crippen molar-refractivity contribution in [1.82, 2.24) is 9.55 Å². The summed E-state index contributed by atoms with van der Waals surface area (Å²) in [5, 5.41) is 11.5. The van der Waals surface area contributed by atoms with Crippen molar-refractivity contribution in [3.8, 4) is 0 Å². The van der Waals surface area contributed by atoms with E-state index in [0.717, 1.165) is 0 Å². The highest BCUT2D eigenvalue weighted by Crippen LogP contribution is 2.14. The molecule has 0 bridgehead atoms. The van der Waals surface area contributed by atoms with Crippen molar-refractivity contribution >= 4 is 23.5 Å². The molecule has 7 heteroatoms. The molecule has 0 aliphatic rings. The molecule has 7 nitrogen and oxygen atoms in total. The first kappa shape index (κ1) is 14.4. The Labute approximate surface area is 120 Å². The summed E-state index contributed by atoms with van der Waals surface area (Å²) in [5.74, 6) is -1.92. The van der Waals surface area contributed by atoms with Crippen molar-refractivity contribution in [2.24, 2.45) is 7.05 Å². The minimum atomic E-state index is -1.19. The highest BCUT2D eigenvalue weighted by atomic mass is 16.4. The van der Waals surface area contributed by atoms with Crippen LogP contribution in [0.4, 0.5) is 5.82 Å². The van der Waals surface area contributed by atoms with Crippen LogP contribution in [0.1, 0.15) is 38.1 Å². The molecule has 0 spiro atoms. The Balaban J connectivity index is 2.31. The lowest BCUT2D eigenvalue weighted by Crippen LogP contribution is -2.18. The zero-order chi connectivity index (χ0) is 15.6. The van der Waals surface area contributed by atoms with Crippen molar-refractivity contribution in [1.29, 1.82) is 0 Å². The number of amides is 1. The second-order valence-corrected chi connectivity index (χ2v) is 4.44. The number of hydrogen-bond acceptors (Lipinski definition) is 4. The average molecular weight is 287 g/mol. The van der Waals surface area contributed by atoms with Gasteiger partial charge in [0, 0.05) is 25.0 Å². The number of anilines is 1. The molecule has 0 atom stereocenters. The quantitative estimate of drug-likeness (QED) is 0.831. The molecule has 2 aromatic heterocycles. The number of Topliss-reactive ketones (excluding diaryl/α,β-unsaturated/α-hetero) is 1. The number of rotatable bonds is 4. The summed E-state index contributed by atoms with van der Waals surface area (Å²) in [7, 11) is 1.62. The van der Waals surface area contributed by atoms with Crippen LogP contribution in [0.15, 0.2) is 30.6 Å². The van der Waals surface area contributed by atoms with Gasteiger partial charge in [0.25, 0.3) is 5.91 Å². The highest BCUT2D eigenvalue weighted by molar-refractivity contribution is 6.07. The van der Waals surface area contributed by atoms with E-state index in [-0.39, 0.29) is 22.9 Å². The number of aromatic carboxylic acids is 1. The molecule has 2 rings (SSSR count). The molecule has 21 heavy (non-hydrogen) atoms. The Bertz CT molecular complexity index is 734. The smallest absolute Gasteiger partial charge is 0.339 e. The topological polar surface area (TPSA) is 101 Å². The van der Waals surface area contributed by atoms with E-state index >= 15 is 0 Å². The van der Waals surface area contributed by atoms with E-state index in [1.54, 1.807) is 7.05 Å². The van der Waals surface area contributed by atoms with Gasteiger partial charge in [-0.25, -0.2) is 9.78 Å². The van der Waals surface area contributed by atoms with Gasteiger partial charge in [0.2, 0.25) is 0 Å². The fraction of sp³-hybridized carbons (Fsp3) is 0.143. The molecular formula is C14H13N3O4. The normalized spacial score (nSPS) is 10.2. The molecule has 0 saturated heterocycles. The van der Waals surface area contributed by atoms with E-state index in [4.69, 9.17) is 5.11 Å². The maximum atomic E-state index is 12.2. The summed E-state index contributed by atoms with van der Waals surface area (Å²) in [6.45, 7) is 1.40. The van der Waals surface area contributed by atoms with Gasteiger partial charge < -0.3 is 15.0 Å². The number of carboxylic acids is 1. The second-order valence-electron chi connectivity index (χ2n) is 4.44. The Morgan fingerprint density at radius 2 is 2.05 bits per heavy atom. The minimum absolute atomic E-state index is 0.0411. The Hall–Kier alpha value is -2.96. The molecule has 0 unspecified atom stereocenters. The third-order valence-corrected chi connectivity index (χ3v) is 2.91. The lowest BCUT2D eigenvalue weighted by molar-refractivity contribution is 0.0697. The standard InChI is InChI=1S/C14H13N3O4/c1-8(18)9-6-11(17(2)7-9)13(19)16-12-10(14(20)21)4-3-5-15-12/h3-7H,1-2H3,(H,20,21)(H,15,16,19). The van der Waals surface area contributed by atoms with Gasteiger partial charge in [-0.05, 0) is 25.1 Å². The first-order valence-corrected chi connectivity index (χ1v) is 6.07. The molecule has 2 heterocycles. The van der Waals surface area contributed by atoms with Gasteiger partial charge in [-0.1, -0.05) is 0 Å². The first-order valence-electron chi connectivity index (χ1n) is 6.07. The van der Waals surface area contributed by atoms with Crippen molar-refractivity contribution in [2.75, 3.05) is 5.32 Å². The molecule has 2 aromatic rings. The monoisotopic (exact) mass is 287 g/mol. The summed E-state index contributed by atoms with van der Waals surface area (Å²) in [5.41, 5.74) is 0.538. The Kier molecular flexibility index (Phi) is 3.84.